The molecule has 0 saturated heterocycles. The number of hydrogen-bond acceptors (Lipinski definition) is 5. The summed E-state index contributed by atoms with van der Waals surface area (Å²) < 4.78 is 2.01. The summed E-state index contributed by atoms with van der Waals surface area (Å²) in [7, 11) is 0. The minimum Gasteiger partial charge on any atom is -0.368 e. The third kappa shape index (κ3) is 5.61. The summed E-state index contributed by atoms with van der Waals surface area (Å²) in [6.45, 7) is 1.47. The second-order valence-electron chi connectivity index (χ2n) is 8.73. The fraction of sp³-hybridized carbons (Fsp3) is 0.167. The topological polar surface area (TPSA) is 81.6 Å². The van der Waals surface area contributed by atoms with Gasteiger partial charge in [-0.15, -0.1) is 0 Å². The predicted molar refractivity (Wildman–Crippen MR) is 148 cm³/mol. The lowest BCUT2D eigenvalue weighted by atomic mass is 9.96. The summed E-state index contributed by atoms with van der Waals surface area (Å²) in [5.74, 6) is 0.937. The van der Waals surface area contributed by atoms with E-state index >= 15 is 0 Å². The van der Waals surface area contributed by atoms with E-state index in [1.807, 2.05) is 22.8 Å². The van der Waals surface area contributed by atoms with Gasteiger partial charge in [-0.1, -0.05) is 97.1 Å². The molecule has 0 aliphatic rings. The van der Waals surface area contributed by atoms with Crippen molar-refractivity contribution in [3.05, 3.63) is 120 Å². The first-order chi connectivity index (χ1) is 17.8. The van der Waals surface area contributed by atoms with Crippen LogP contribution in [0.15, 0.2) is 103 Å². The van der Waals surface area contributed by atoms with Crippen molar-refractivity contribution in [2.24, 2.45) is 0 Å². The Balaban J connectivity index is 1.22. The number of nitrogens with one attached hydrogen (secondary N) is 1. The van der Waals surface area contributed by atoms with E-state index in [0.29, 0.717) is 12.4 Å². The van der Waals surface area contributed by atoms with Gasteiger partial charge in [0.15, 0.2) is 17.0 Å². The van der Waals surface area contributed by atoms with Crippen LogP contribution in [-0.2, 0) is 6.54 Å². The number of nitrogen functional groups attached to an aromatic ring is 1. The molecule has 2 heterocycles. The van der Waals surface area contributed by atoms with Crippen molar-refractivity contribution < 1.29 is 0 Å². The van der Waals surface area contributed by atoms with Gasteiger partial charge in [-0.3, -0.25) is 0 Å². The molecule has 0 aliphatic carbocycles. The maximum atomic E-state index is 6.03. The van der Waals surface area contributed by atoms with Crippen LogP contribution in [0.2, 0.25) is 0 Å². The zero-order chi connectivity index (χ0) is 24.6. The van der Waals surface area contributed by atoms with Crippen molar-refractivity contribution in [2.75, 3.05) is 17.6 Å². The predicted octanol–water partition coefficient (Wildman–Crippen LogP) is 6.17. The van der Waals surface area contributed by atoms with Gasteiger partial charge in [0.05, 0.1) is 12.9 Å². The van der Waals surface area contributed by atoms with E-state index in [1.165, 1.54) is 22.3 Å². The summed E-state index contributed by atoms with van der Waals surface area (Å²) in [6.07, 6.45) is 7.20. The number of imidazole rings is 1. The van der Waals surface area contributed by atoms with E-state index in [9.17, 15) is 0 Å². The number of unbranched alkanes of at least 4 members (excludes halogenated alkanes) is 2. The standard InChI is InChI=1S/C30H30N6/c31-30-34-28(27-29(35-30)36(22-33-27)21-23-13-5-1-6-14-23)32-20-12-4-11-19-26(24-15-7-2-8-16-24)25-17-9-3-10-18-25/h1-3,5-10,13-19,22H,4,11-12,20-21H2,(H3,31,32,34,35). The van der Waals surface area contributed by atoms with Gasteiger partial charge >= 0.3 is 0 Å². The quantitative estimate of drug-likeness (QED) is 0.237. The minimum atomic E-state index is 0.248. The number of allylic oxidation sites excluding steroid dienone is 1. The smallest absolute Gasteiger partial charge is 0.224 e. The molecule has 5 aromatic rings. The number of aromatic nitrogens is 4. The molecule has 0 atom stereocenters. The highest BCUT2D eigenvalue weighted by Gasteiger charge is 2.12. The summed E-state index contributed by atoms with van der Waals surface area (Å²) in [6, 6.07) is 31.4. The number of nitrogens with two attached hydrogens (primary N) is 1. The number of nitrogens with zero attached hydrogens (tertiary/aromatic N) is 4. The van der Waals surface area contributed by atoms with Gasteiger partial charge in [-0.25, -0.2) is 4.98 Å². The maximum Gasteiger partial charge on any atom is 0.224 e. The van der Waals surface area contributed by atoms with Crippen molar-refractivity contribution in [3.63, 3.8) is 0 Å². The molecule has 0 radical (unpaired) electrons. The lowest BCUT2D eigenvalue weighted by Crippen LogP contribution is -2.08. The van der Waals surface area contributed by atoms with Crippen molar-refractivity contribution >= 4 is 28.5 Å². The number of rotatable bonds is 10. The molecule has 0 unspecified atom stereocenters. The van der Waals surface area contributed by atoms with Crippen LogP contribution in [-0.4, -0.2) is 26.1 Å². The highest BCUT2D eigenvalue weighted by Crippen LogP contribution is 2.24. The van der Waals surface area contributed by atoms with Gasteiger partial charge in [-0.2, -0.15) is 9.97 Å². The minimum absolute atomic E-state index is 0.248. The Bertz CT molecular complexity index is 1380. The van der Waals surface area contributed by atoms with Crippen LogP contribution in [0.25, 0.3) is 16.7 Å². The lowest BCUT2D eigenvalue weighted by Gasteiger charge is -2.10. The normalized spacial score (nSPS) is 10.9. The number of anilines is 2. The molecule has 0 spiro atoms. The first-order valence-corrected chi connectivity index (χ1v) is 12.3. The molecule has 5 rings (SSSR count). The molecule has 2 aromatic heterocycles. The third-order valence-corrected chi connectivity index (χ3v) is 6.12. The first kappa shape index (κ1) is 23.3. The van der Waals surface area contributed by atoms with Crippen LogP contribution in [0.4, 0.5) is 11.8 Å². The van der Waals surface area contributed by atoms with Crippen LogP contribution >= 0.6 is 0 Å². The second kappa shape index (κ2) is 11.3. The van der Waals surface area contributed by atoms with Gasteiger partial charge in [0, 0.05) is 6.54 Å². The average molecular weight is 475 g/mol. The van der Waals surface area contributed by atoms with Crippen LogP contribution in [0.1, 0.15) is 36.0 Å². The lowest BCUT2D eigenvalue weighted by molar-refractivity contribution is 0.777. The molecule has 36 heavy (non-hydrogen) atoms. The number of fused-ring (bicyclic) bond motifs is 1. The Morgan fingerprint density at radius 3 is 2.11 bits per heavy atom. The summed E-state index contributed by atoms with van der Waals surface area (Å²) in [5.41, 5.74) is 12.5. The summed E-state index contributed by atoms with van der Waals surface area (Å²) >= 11 is 0. The Labute approximate surface area is 211 Å². The highest BCUT2D eigenvalue weighted by atomic mass is 15.2. The third-order valence-electron chi connectivity index (χ3n) is 6.12. The second-order valence-corrected chi connectivity index (χ2v) is 8.73. The van der Waals surface area contributed by atoms with Gasteiger partial charge in [0.25, 0.3) is 0 Å². The van der Waals surface area contributed by atoms with Crippen LogP contribution < -0.4 is 11.1 Å². The molecule has 0 bridgehead atoms. The van der Waals surface area contributed by atoms with E-state index in [1.54, 1.807) is 6.33 Å². The van der Waals surface area contributed by atoms with Crippen molar-refractivity contribution in [2.45, 2.75) is 25.8 Å². The van der Waals surface area contributed by atoms with Gasteiger partial charge in [-0.05, 0) is 41.5 Å². The molecule has 180 valence electrons. The molecule has 0 aliphatic heterocycles. The summed E-state index contributed by atoms with van der Waals surface area (Å²) in [5, 5.41) is 3.43. The van der Waals surface area contributed by atoms with Crippen molar-refractivity contribution in [1.29, 1.82) is 0 Å². The molecular weight excluding hydrogens is 444 g/mol. The van der Waals surface area contributed by atoms with E-state index in [-0.39, 0.29) is 5.95 Å². The number of benzene rings is 3. The van der Waals surface area contributed by atoms with Crippen molar-refractivity contribution in [3.8, 4) is 0 Å². The fourth-order valence-corrected chi connectivity index (χ4v) is 4.34. The highest BCUT2D eigenvalue weighted by molar-refractivity contribution is 5.84. The van der Waals surface area contributed by atoms with E-state index < -0.39 is 0 Å². The van der Waals surface area contributed by atoms with E-state index in [4.69, 9.17) is 5.73 Å². The monoisotopic (exact) mass is 474 g/mol. The van der Waals surface area contributed by atoms with Gasteiger partial charge in [0.2, 0.25) is 5.95 Å². The van der Waals surface area contributed by atoms with Crippen LogP contribution in [0.3, 0.4) is 0 Å². The Kier molecular flexibility index (Phi) is 7.32. The molecule has 3 N–H and O–H groups in total. The average Bonchev–Trinajstić information content (AvgIpc) is 3.32. The maximum absolute atomic E-state index is 6.03. The van der Waals surface area contributed by atoms with Gasteiger partial charge in [0.1, 0.15) is 0 Å². The molecular formula is C30H30N6. The SMILES string of the molecule is Nc1nc(NCCCCC=C(c2ccccc2)c2ccccc2)c2ncn(Cc3ccccc3)c2n1. The molecule has 0 fully saturated rings. The van der Waals surface area contributed by atoms with Crippen LogP contribution in [0, 0.1) is 0 Å². The van der Waals surface area contributed by atoms with Crippen molar-refractivity contribution in [1.82, 2.24) is 19.5 Å². The van der Waals surface area contributed by atoms with E-state index in [2.05, 4.69) is 99.1 Å². The Hall–Kier alpha value is -4.45. The molecule has 6 heteroatoms. The number of hydrogen-bond donors (Lipinski definition) is 2. The molecule has 3 aromatic carbocycles. The fourth-order valence-electron chi connectivity index (χ4n) is 4.34. The Morgan fingerprint density at radius 1 is 0.806 bits per heavy atom. The zero-order valence-electron chi connectivity index (χ0n) is 20.2. The van der Waals surface area contributed by atoms with E-state index in [0.717, 1.165) is 37.0 Å². The molecule has 0 amide bonds. The van der Waals surface area contributed by atoms with Crippen LogP contribution in [0.5, 0.6) is 0 Å². The molecule has 0 saturated carbocycles. The summed E-state index contributed by atoms with van der Waals surface area (Å²) in [4.78, 5) is 13.4. The Morgan fingerprint density at radius 2 is 1.44 bits per heavy atom. The largest absolute Gasteiger partial charge is 0.368 e. The van der Waals surface area contributed by atoms with Gasteiger partial charge < -0.3 is 15.6 Å². The molecule has 6 nitrogen and oxygen atoms in total. The first-order valence-electron chi connectivity index (χ1n) is 12.3. The zero-order valence-corrected chi connectivity index (χ0v) is 20.2.